The summed E-state index contributed by atoms with van der Waals surface area (Å²) >= 11 is 0. The Morgan fingerprint density at radius 2 is 1.68 bits per heavy atom. The highest BCUT2D eigenvalue weighted by atomic mass is 35.5. The second-order valence-electron chi connectivity index (χ2n) is 6.11. The first-order chi connectivity index (χ1) is 8.63. The summed E-state index contributed by atoms with van der Waals surface area (Å²) in [4.78, 5) is 12.2. The second kappa shape index (κ2) is 10.5. The summed E-state index contributed by atoms with van der Waals surface area (Å²) in [5.74, 6) is 1.05. The molecule has 0 radical (unpaired) electrons. The Morgan fingerprint density at radius 1 is 1.16 bits per heavy atom. The number of amides is 1. The molecule has 3 N–H and O–H groups in total. The van der Waals surface area contributed by atoms with Crippen molar-refractivity contribution in [1.82, 2.24) is 5.32 Å². The molecule has 1 amide bonds. The maximum absolute atomic E-state index is 12.2. The molecule has 19 heavy (non-hydrogen) atoms. The topological polar surface area (TPSA) is 55.1 Å². The highest BCUT2D eigenvalue weighted by Gasteiger charge is 2.21. The molecule has 1 atom stereocenters. The highest BCUT2D eigenvalue weighted by molar-refractivity contribution is 5.85. The first-order valence-electron chi connectivity index (χ1n) is 7.64. The van der Waals surface area contributed by atoms with Crippen LogP contribution in [0.1, 0.15) is 65.2 Å². The van der Waals surface area contributed by atoms with Gasteiger partial charge in [-0.25, -0.2) is 0 Å². The van der Waals surface area contributed by atoms with Crippen LogP contribution in [0.25, 0.3) is 0 Å². The third kappa shape index (κ3) is 7.78. The zero-order chi connectivity index (χ0) is 13.4. The predicted molar refractivity (Wildman–Crippen MR) is 83.5 cm³/mol. The molecule has 0 saturated heterocycles. The van der Waals surface area contributed by atoms with Gasteiger partial charge in [0.25, 0.3) is 0 Å². The summed E-state index contributed by atoms with van der Waals surface area (Å²) in [6.45, 7) is 4.89. The van der Waals surface area contributed by atoms with Gasteiger partial charge in [-0.15, -0.1) is 12.4 Å². The van der Waals surface area contributed by atoms with Crippen LogP contribution in [0.5, 0.6) is 0 Å². The Labute approximate surface area is 124 Å². The van der Waals surface area contributed by atoms with E-state index < -0.39 is 0 Å². The van der Waals surface area contributed by atoms with Crippen molar-refractivity contribution >= 4 is 18.3 Å². The van der Waals surface area contributed by atoms with E-state index in [1.807, 2.05) is 0 Å². The fourth-order valence-corrected chi connectivity index (χ4v) is 2.82. The molecule has 0 aromatic heterocycles. The molecule has 1 saturated carbocycles. The lowest BCUT2D eigenvalue weighted by Gasteiger charge is -2.24. The molecule has 114 valence electrons. The van der Waals surface area contributed by atoms with E-state index in [0.717, 1.165) is 19.3 Å². The molecule has 1 fully saturated rings. The van der Waals surface area contributed by atoms with Gasteiger partial charge in [-0.1, -0.05) is 46.0 Å². The Kier molecular flexibility index (Phi) is 10.3. The molecule has 1 unspecified atom stereocenters. The Hall–Kier alpha value is -0.280. The van der Waals surface area contributed by atoms with Gasteiger partial charge in [0.1, 0.15) is 0 Å². The third-order valence-electron chi connectivity index (χ3n) is 3.86. The van der Waals surface area contributed by atoms with Crippen molar-refractivity contribution in [3.05, 3.63) is 0 Å². The van der Waals surface area contributed by atoms with E-state index >= 15 is 0 Å². The Morgan fingerprint density at radius 3 is 2.16 bits per heavy atom. The maximum atomic E-state index is 12.2. The largest absolute Gasteiger partial charge is 0.352 e. The van der Waals surface area contributed by atoms with Gasteiger partial charge in [0.2, 0.25) is 5.91 Å². The fourth-order valence-electron chi connectivity index (χ4n) is 2.82. The Bertz CT molecular complexity index is 238. The van der Waals surface area contributed by atoms with E-state index in [0.29, 0.717) is 12.5 Å². The van der Waals surface area contributed by atoms with Crippen molar-refractivity contribution in [2.45, 2.75) is 71.3 Å². The minimum Gasteiger partial charge on any atom is -0.352 e. The number of carbonyl (C=O) groups is 1. The molecule has 0 aliphatic heterocycles. The van der Waals surface area contributed by atoms with Crippen LogP contribution in [0, 0.1) is 11.8 Å². The number of nitrogens with two attached hydrogens (primary N) is 1. The van der Waals surface area contributed by atoms with Crippen LogP contribution in [-0.4, -0.2) is 18.5 Å². The molecule has 0 heterocycles. The van der Waals surface area contributed by atoms with Gasteiger partial charge < -0.3 is 11.1 Å². The molecule has 4 heteroatoms. The lowest BCUT2D eigenvalue weighted by atomic mass is 9.90. The maximum Gasteiger partial charge on any atom is 0.223 e. The Balaban J connectivity index is 0.00000324. The van der Waals surface area contributed by atoms with Crippen molar-refractivity contribution in [2.24, 2.45) is 17.6 Å². The zero-order valence-electron chi connectivity index (χ0n) is 12.5. The van der Waals surface area contributed by atoms with Crippen molar-refractivity contribution in [3.63, 3.8) is 0 Å². The summed E-state index contributed by atoms with van der Waals surface area (Å²) in [6, 6.07) is 0.156. The smallest absolute Gasteiger partial charge is 0.223 e. The van der Waals surface area contributed by atoms with Crippen molar-refractivity contribution in [3.8, 4) is 0 Å². The van der Waals surface area contributed by atoms with Crippen LogP contribution in [0.15, 0.2) is 0 Å². The third-order valence-corrected chi connectivity index (χ3v) is 3.86. The van der Waals surface area contributed by atoms with Gasteiger partial charge in [0.15, 0.2) is 0 Å². The number of hydrogen-bond donors (Lipinski definition) is 2. The molecule has 0 spiro atoms. The summed E-state index contributed by atoms with van der Waals surface area (Å²) in [5, 5.41) is 3.15. The molecule has 0 aromatic rings. The van der Waals surface area contributed by atoms with Crippen LogP contribution in [0.4, 0.5) is 0 Å². The van der Waals surface area contributed by atoms with Crippen molar-refractivity contribution in [2.75, 3.05) is 6.54 Å². The number of nitrogens with one attached hydrogen (secondary N) is 1. The molecule has 3 nitrogen and oxygen atoms in total. The van der Waals surface area contributed by atoms with Gasteiger partial charge in [-0.3, -0.25) is 4.79 Å². The summed E-state index contributed by atoms with van der Waals surface area (Å²) < 4.78 is 0. The van der Waals surface area contributed by atoms with Gasteiger partial charge in [-0.05, 0) is 25.2 Å². The van der Waals surface area contributed by atoms with E-state index in [2.05, 4.69) is 19.2 Å². The highest BCUT2D eigenvalue weighted by Crippen LogP contribution is 2.22. The summed E-state index contributed by atoms with van der Waals surface area (Å²) in [5.41, 5.74) is 5.74. The van der Waals surface area contributed by atoms with Gasteiger partial charge in [0.05, 0.1) is 0 Å². The summed E-state index contributed by atoms with van der Waals surface area (Å²) in [7, 11) is 0. The number of carbonyl (C=O) groups excluding carboxylic acids is 1. The SMILES string of the molecule is CC(C)CC(CN)NC(=O)C1CCCCCCC1.Cl. The first-order valence-corrected chi connectivity index (χ1v) is 7.64. The average molecular weight is 291 g/mol. The molecule has 0 aromatic carbocycles. The van der Waals surface area contributed by atoms with Crippen molar-refractivity contribution < 1.29 is 4.79 Å². The van der Waals surface area contributed by atoms with Gasteiger partial charge in [0, 0.05) is 18.5 Å². The van der Waals surface area contributed by atoms with E-state index in [-0.39, 0.29) is 30.3 Å². The number of hydrogen-bond acceptors (Lipinski definition) is 2. The minimum absolute atomic E-state index is 0. The molecular formula is C15H31ClN2O. The van der Waals surface area contributed by atoms with Crippen LogP contribution in [0.3, 0.4) is 0 Å². The zero-order valence-corrected chi connectivity index (χ0v) is 13.3. The quantitative estimate of drug-likeness (QED) is 0.816. The van der Waals surface area contributed by atoms with Crippen LogP contribution >= 0.6 is 12.4 Å². The normalized spacial score (nSPS) is 19.2. The monoisotopic (exact) mass is 290 g/mol. The standard InChI is InChI=1S/C15H30N2O.ClH/c1-12(2)10-14(11-16)17-15(18)13-8-6-4-3-5-7-9-13;/h12-14H,3-11,16H2,1-2H3,(H,17,18);1H. The van der Waals surface area contributed by atoms with Crippen LogP contribution < -0.4 is 11.1 Å². The van der Waals surface area contributed by atoms with E-state index in [4.69, 9.17) is 5.73 Å². The molecule has 1 rings (SSSR count). The average Bonchev–Trinajstić information content (AvgIpc) is 2.26. The predicted octanol–water partition coefficient (Wildman–Crippen LogP) is 3.26. The van der Waals surface area contributed by atoms with Crippen molar-refractivity contribution in [1.29, 1.82) is 0 Å². The van der Waals surface area contributed by atoms with E-state index in [1.165, 1.54) is 32.1 Å². The minimum atomic E-state index is 0. The van der Waals surface area contributed by atoms with Gasteiger partial charge in [-0.2, -0.15) is 0 Å². The molecule has 1 aliphatic carbocycles. The second-order valence-corrected chi connectivity index (χ2v) is 6.11. The summed E-state index contributed by atoms with van der Waals surface area (Å²) in [6.07, 6.45) is 9.43. The van der Waals surface area contributed by atoms with E-state index in [1.54, 1.807) is 0 Å². The number of halogens is 1. The van der Waals surface area contributed by atoms with E-state index in [9.17, 15) is 4.79 Å². The fraction of sp³-hybridized carbons (Fsp3) is 0.933. The molecular weight excluding hydrogens is 260 g/mol. The van der Waals surface area contributed by atoms with Crippen LogP contribution in [-0.2, 0) is 4.79 Å². The first kappa shape index (κ1) is 18.7. The van der Waals surface area contributed by atoms with Gasteiger partial charge >= 0.3 is 0 Å². The molecule has 0 bridgehead atoms. The van der Waals surface area contributed by atoms with Crippen LogP contribution in [0.2, 0.25) is 0 Å². The number of rotatable bonds is 5. The lowest BCUT2D eigenvalue weighted by Crippen LogP contribution is -2.43. The lowest BCUT2D eigenvalue weighted by molar-refractivity contribution is -0.126. The molecule has 1 aliphatic rings.